The van der Waals surface area contributed by atoms with E-state index in [9.17, 15) is 10.1 Å². The Morgan fingerprint density at radius 2 is 2.04 bits per heavy atom. The Hall–Kier alpha value is -1.46. The van der Waals surface area contributed by atoms with Crippen LogP contribution in [0.15, 0.2) is 29.3 Å². The van der Waals surface area contributed by atoms with Gasteiger partial charge in [0.25, 0.3) is 5.69 Å². The van der Waals surface area contributed by atoms with E-state index in [4.69, 9.17) is 9.84 Å². The van der Waals surface area contributed by atoms with Crippen molar-refractivity contribution in [1.29, 1.82) is 0 Å². The Labute approximate surface area is 165 Å². The van der Waals surface area contributed by atoms with Gasteiger partial charge in [-0.2, -0.15) is 0 Å². The molecule has 0 aromatic heterocycles. The van der Waals surface area contributed by atoms with Gasteiger partial charge in [-0.1, -0.05) is 19.1 Å². The van der Waals surface area contributed by atoms with E-state index in [2.05, 4.69) is 29.5 Å². The number of non-ortho nitro benzene ring substituents is 1. The highest BCUT2D eigenvalue weighted by Crippen LogP contribution is 2.12. The van der Waals surface area contributed by atoms with E-state index in [1.807, 2.05) is 0 Å². The number of halogens is 1. The molecule has 1 atom stereocenters. The number of aliphatic hydroxyl groups excluding tert-OH is 1. The molecule has 0 aliphatic heterocycles. The van der Waals surface area contributed by atoms with Gasteiger partial charge in [0, 0.05) is 24.7 Å². The molecule has 0 bridgehead atoms. The number of nitrogens with one attached hydrogen (secondary N) is 2. The number of rotatable bonds is 10. The molecule has 0 fully saturated rings. The summed E-state index contributed by atoms with van der Waals surface area (Å²) in [5.74, 6) is 0.662. The van der Waals surface area contributed by atoms with Gasteiger partial charge < -0.3 is 20.5 Å². The van der Waals surface area contributed by atoms with Crippen molar-refractivity contribution in [3.8, 4) is 0 Å². The van der Waals surface area contributed by atoms with E-state index in [1.165, 1.54) is 12.1 Å². The summed E-state index contributed by atoms with van der Waals surface area (Å²) < 4.78 is 5.20. The fourth-order valence-electron chi connectivity index (χ4n) is 1.79. The zero-order valence-corrected chi connectivity index (χ0v) is 16.9. The summed E-state index contributed by atoms with van der Waals surface area (Å²) in [5.41, 5.74) is 0.960. The van der Waals surface area contributed by atoms with Crippen LogP contribution in [-0.4, -0.2) is 48.4 Å². The number of aliphatic imine (C=N–C) groups is 1. The van der Waals surface area contributed by atoms with Crippen LogP contribution in [0.3, 0.4) is 0 Å². The molecule has 1 aromatic carbocycles. The monoisotopic (exact) mass is 466 g/mol. The average molecular weight is 466 g/mol. The highest BCUT2D eigenvalue weighted by Gasteiger charge is 2.05. The number of guanidine groups is 1. The first-order valence-corrected chi connectivity index (χ1v) is 8.03. The van der Waals surface area contributed by atoms with Crippen molar-refractivity contribution in [1.82, 2.24) is 10.6 Å². The van der Waals surface area contributed by atoms with Crippen LogP contribution < -0.4 is 10.6 Å². The molecule has 0 spiro atoms. The third kappa shape index (κ3) is 10.2. The topological polar surface area (TPSA) is 109 Å². The Kier molecular flexibility index (Phi) is 13.0. The summed E-state index contributed by atoms with van der Waals surface area (Å²) in [4.78, 5) is 14.7. The highest BCUT2D eigenvalue weighted by molar-refractivity contribution is 14.0. The lowest BCUT2D eigenvalue weighted by atomic mass is 10.2. The first-order valence-electron chi connectivity index (χ1n) is 8.03. The van der Waals surface area contributed by atoms with E-state index in [-0.39, 0.29) is 42.3 Å². The second-order valence-electron chi connectivity index (χ2n) is 5.30. The molecular formula is C16H27IN4O4. The molecule has 25 heavy (non-hydrogen) atoms. The fourth-order valence-corrected chi connectivity index (χ4v) is 1.79. The van der Waals surface area contributed by atoms with Crippen LogP contribution in [0.5, 0.6) is 0 Å². The number of ether oxygens (including phenoxy) is 1. The molecule has 1 rings (SSSR count). The summed E-state index contributed by atoms with van der Waals surface area (Å²) >= 11 is 0. The van der Waals surface area contributed by atoms with Crippen molar-refractivity contribution in [2.75, 3.05) is 26.4 Å². The summed E-state index contributed by atoms with van der Waals surface area (Å²) in [6, 6.07) is 6.62. The maximum Gasteiger partial charge on any atom is 0.269 e. The lowest BCUT2D eigenvalue weighted by Gasteiger charge is -2.17. The number of nitro benzene ring substituents is 1. The molecular weight excluding hydrogens is 439 g/mol. The molecule has 142 valence electrons. The number of hydrogen-bond acceptors (Lipinski definition) is 5. The lowest BCUT2D eigenvalue weighted by molar-refractivity contribution is -0.384. The van der Waals surface area contributed by atoms with Crippen LogP contribution in [-0.2, 0) is 11.3 Å². The van der Waals surface area contributed by atoms with Gasteiger partial charge in [-0.3, -0.25) is 10.1 Å². The van der Waals surface area contributed by atoms with Crippen molar-refractivity contribution in [2.45, 2.75) is 32.9 Å². The molecule has 0 amide bonds. The third-order valence-corrected chi connectivity index (χ3v) is 3.34. The summed E-state index contributed by atoms with van der Waals surface area (Å²) in [6.45, 7) is 5.92. The Morgan fingerprint density at radius 1 is 1.36 bits per heavy atom. The first kappa shape index (κ1) is 23.5. The van der Waals surface area contributed by atoms with Crippen LogP contribution in [0.2, 0.25) is 0 Å². The highest BCUT2D eigenvalue weighted by atomic mass is 127. The van der Waals surface area contributed by atoms with Crippen molar-refractivity contribution in [3.05, 3.63) is 39.9 Å². The molecule has 0 saturated carbocycles. The molecule has 0 heterocycles. The van der Waals surface area contributed by atoms with E-state index in [0.717, 1.165) is 12.0 Å². The van der Waals surface area contributed by atoms with Gasteiger partial charge in [-0.05, 0) is 18.9 Å². The SMILES string of the molecule is CCC(C)NC(=NCc1ccc([N+](=O)[O-])cc1)NCCOCCO.I. The predicted molar refractivity (Wildman–Crippen MR) is 108 cm³/mol. The van der Waals surface area contributed by atoms with E-state index >= 15 is 0 Å². The number of nitrogens with zero attached hydrogens (tertiary/aromatic N) is 2. The van der Waals surface area contributed by atoms with Crippen LogP contribution in [0.4, 0.5) is 5.69 Å². The average Bonchev–Trinajstić information content (AvgIpc) is 2.59. The number of benzene rings is 1. The van der Waals surface area contributed by atoms with Gasteiger partial charge in [0.05, 0.1) is 31.3 Å². The van der Waals surface area contributed by atoms with Crippen molar-refractivity contribution in [2.24, 2.45) is 4.99 Å². The second-order valence-corrected chi connectivity index (χ2v) is 5.30. The summed E-state index contributed by atoms with van der Waals surface area (Å²) in [6.07, 6.45) is 0.958. The summed E-state index contributed by atoms with van der Waals surface area (Å²) in [5, 5.41) is 25.8. The zero-order chi connectivity index (χ0) is 17.8. The van der Waals surface area contributed by atoms with Crippen LogP contribution in [0.25, 0.3) is 0 Å². The normalized spacial score (nSPS) is 12.2. The molecule has 0 aliphatic rings. The van der Waals surface area contributed by atoms with E-state index < -0.39 is 4.92 Å². The van der Waals surface area contributed by atoms with E-state index in [1.54, 1.807) is 12.1 Å². The lowest BCUT2D eigenvalue weighted by Crippen LogP contribution is -2.43. The Morgan fingerprint density at radius 3 is 2.60 bits per heavy atom. The maximum atomic E-state index is 10.7. The molecule has 0 radical (unpaired) electrons. The molecule has 8 nitrogen and oxygen atoms in total. The Balaban J connectivity index is 0.00000576. The first-order chi connectivity index (χ1) is 11.6. The van der Waals surface area contributed by atoms with Gasteiger partial charge in [-0.25, -0.2) is 4.99 Å². The third-order valence-electron chi connectivity index (χ3n) is 3.34. The second kappa shape index (κ2) is 13.8. The fraction of sp³-hybridized carbons (Fsp3) is 0.562. The molecule has 1 aromatic rings. The minimum Gasteiger partial charge on any atom is -0.394 e. The maximum absolute atomic E-state index is 10.7. The van der Waals surface area contributed by atoms with Crippen LogP contribution in [0.1, 0.15) is 25.8 Å². The number of aliphatic hydroxyl groups is 1. The minimum atomic E-state index is -0.420. The predicted octanol–water partition coefficient (Wildman–Crippen LogP) is 2.06. The Bertz CT molecular complexity index is 525. The van der Waals surface area contributed by atoms with Crippen LogP contribution >= 0.6 is 24.0 Å². The van der Waals surface area contributed by atoms with Gasteiger partial charge in [-0.15, -0.1) is 24.0 Å². The van der Waals surface area contributed by atoms with Gasteiger partial charge >= 0.3 is 0 Å². The van der Waals surface area contributed by atoms with Gasteiger partial charge in [0.1, 0.15) is 0 Å². The molecule has 0 aliphatic carbocycles. The van der Waals surface area contributed by atoms with Gasteiger partial charge in [0.2, 0.25) is 0 Å². The van der Waals surface area contributed by atoms with Gasteiger partial charge in [0.15, 0.2) is 5.96 Å². The molecule has 3 N–H and O–H groups in total. The smallest absolute Gasteiger partial charge is 0.269 e. The minimum absolute atomic E-state index is 0. The molecule has 1 unspecified atom stereocenters. The van der Waals surface area contributed by atoms with Crippen molar-refractivity contribution < 1.29 is 14.8 Å². The van der Waals surface area contributed by atoms with Crippen molar-refractivity contribution >= 4 is 35.6 Å². The van der Waals surface area contributed by atoms with Crippen molar-refractivity contribution in [3.63, 3.8) is 0 Å². The zero-order valence-electron chi connectivity index (χ0n) is 14.6. The van der Waals surface area contributed by atoms with Crippen LogP contribution in [0, 0.1) is 10.1 Å². The quantitative estimate of drug-likeness (QED) is 0.122. The summed E-state index contributed by atoms with van der Waals surface area (Å²) in [7, 11) is 0. The molecule has 9 heteroatoms. The van der Waals surface area contributed by atoms with E-state index in [0.29, 0.717) is 32.3 Å². The number of nitro groups is 1. The number of hydrogen-bond donors (Lipinski definition) is 3. The standard InChI is InChI=1S/C16H26N4O4.HI/c1-3-13(2)19-16(17-8-10-24-11-9-21)18-12-14-4-6-15(7-5-14)20(22)23;/h4-7,13,21H,3,8-12H2,1-2H3,(H2,17,18,19);1H. The molecule has 0 saturated heterocycles. The largest absolute Gasteiger partial charge is 0.394 e.